The van der Waals surface area contributed by atoms with Crippen LogP contribution in [0.1, 0.15) is 26.7 Å². The average molecular weight is 374 g/mol. The van der Waals surface area contributed by atoms with Crippen molar-refractivity contribution in [1.82, 2.24) is 25.1 Å². The van der Waals surface area contributed by atoms with E-state index in [0.29, 0.717) is 19.6 Å². The summed E-state index contributed by atoms with van der Waals surface area (Å²) in [4.78, 5) is 39.6. The lowest BCUT2D eigenvalue weighted by atomic mass is 9.95. The topological polar surface area (TPSA) is 81.7 Å². The van der Waals surface area contributed by atoms with Gasteiger partial charge < -0.3 is 15.1 Å². The molecule has 0 unspecified atom stereocenters. The Morgan fingerprint density at radius 3 is 2.30 bits per heavy atom. The quantitative estimate of drug-likeness (QED) is 0.802. The van der Waals surface area contributed by atoms with Gasteiger partial charge in [-0.2, -0.15) is 0 Å². The van der Waals surface area contributed by atoms with Gasteiger partial charge in [0.2, 0.25) is 17.8 Å². The molecule has 1 aromatic rings. The number of hydrogen-bond donors (Lipinski definition) is 1. The molecule has 0 aliphatic carbocycles. The maximum atomic E-state index is 12.8. The maximum Gasteiger partial charge on any atom is 0.234 e. The molecule has 0 aromatic carbocycles. The fraction of sp³-hybridized carbons (Fsp3) is 0.684. The van der Waals surface area contributed by atoms with Crippen LogP contribution in [-0.4, -0.2) is 83.4 Å². The molecule has 1 aromatic heterocycles. The van der Waals surface area contributed by atoms with Crippen molar-refractivity contribution in [1.29, 1.82) is 0 Å². The van der Waals surface area contributed by atoms with E-state index in [1.807, 2.05) is 24.8 Å². The molecule has 0 radical (unpaired) electrons. The fourth-order valence-electron chi connectivity index (χ4n) is 3.74. The van der Waals surface area contributed by atoms with Crippen molar-refractivity contribution in [3.63, 3.8) is 0 Å². The molecule has 0 atom stereocenters. The third kappa shape index (κ3) is 5.38. The van der Waals surface area contributed by atoms with Gasteiger partial charge in [0, 0.05) is 63.6 Å². The molecule has 2 saturated heterocycles. The molecule has 2 amide bonds. The molecule has 148 valence electrons. The van der Waals surface area contributed by atoms with E-state index in [1.54, 1.807) is 12.4 Å². The van der Waals surface area contributed by atoms with Gasteiger partial charge in [-0.1, -0.05) is 0 Å². The number of rotatable bonds is 5. The highest BCUT2D eigenvalue weighted by atomic mass is 16.2. The first-order valence-corrected chi connectivity index (χ1v) is 9.85. The number of hydrogen-bond acceptors (Lipinski definition) is 6. The van der Waals surface area contributed by atoms with Crippen molar-refractivity contribution in [3.05, 3.63) is 18.5 Å². The zero-order chi connectivity index (χ0) is 19.2. The second-order valence-electron chi connectivity index (χ2n) is 7.63. The average Bonchev–Trinajstić information content (AvgIpc) is 2.68. The van der Waals surface area contributed by atoms with Crippen LogP contribution in [0.5, 0.6) is 0 Å². The monoisotopic (exact) mass is 374 g/mol. The third-order valence-corrected chi connectivity index (χ3v) is 5.18. The Balaban J connectivity index is 1.42. The first kappa shape index (κ1) is 19.5. The van der Waals surface area contributed by atoms with Crippen molar-refractivity contribution in [2.45, 2.75) is 32.7 Å². The summed E-state index contributed by atoms with van der Waals surface area (Å²) in [7, 11) is 0. The van der Waals surface area contributed by atoms with Crippen molar-refractivity contribution < 1.29 is 9.59 Å². The van der Waals surface area contributed by atoms with Gasteiger partial charge in [0.05, 0.1) is 6.54 Å². The van der Waals surface area contributed by atoms with Crippen LogP contribution < -0.4 is 10.2 Å². The molecule has 8 heteroatoms. The SMILES string of the molecule is CC(C)NC(=O)CN1CCN(C(=O)C2CCN(c3ncccn3)CC2)CC1. The summed E-state index contributed by atoms with van der Waals surface area (Å²) in [5.74, 6) is 1.15. The van der Waals surface area contributed by atoms with Gasteiger partial charge in [0.15, 0.2) is 0 Å². The van der Waals surface area contributed by atoms with E-state index in [0.717, 1.165) is 45.0 Å². The van der Waals surface area contributed by atoms with Gasteiger partial charge in [-0.05, 0) is 32.8 Å². The number of amides is 2. The van der Waals surface area contributed by atoms with Gasteiger partial charge in [-0.3, -0.25) is 14.5 Å². The molecule has 2 aliphatic rings. The Morgan fingerprint density at radius 1 is 1.07 bits per heavy atom. The van der Waals surface area contributed by atoms with Crippen LogP contribution >= 0.6 is 0 Å². The highest BCUT2D eigenvalue weighted by Crippen LogP contribution is 2.22. The first-order chi connectivity index (χ1) is 13.0. The summed E-state index contributed by atoms with van der Waals surface area (Å²) in [5, 5.41) is 2.92. The molecule has 27 heavy (non-hydrogen) atoms. The Labute approximate surface area is 160 Å². The fourth-order valence-corrected chi connectivity index (χ4v) is 3.74. The number of aromatic nitrogens is 2. The van der Waals surface area contributed by atoms with Crippen LogP contribution in [0, 0.1) is 5.92 Å². The predicted molar refractivity (Wildman–Crippen MR) is 103 cm³/mol. The Kier molecular flexibility index (Phi) is 6.60. The van der Waals surface area contributed by atoms with Crippen molar-refractivity contribution >= 4 is 17.8 Å². The first-order valence-electron chi connectivity index (χ1n) is 9.85. The van der Waals surface area contributed by atoms with Crippen LogP contribution in [0.15, 0.2) is 18.5 Å². The van der Waals surface area contributed by atoms with Crippen LogP contribution in [0.2, 0.25) is 0 Å². The summed E-state index contributed by atoms with van der Waals surface area (Å²) in [5.41, 5.74) is 0. The summed E-state index contributed by atoms with van der Waals surface area (Å²) < 4.78 is 0. The number of carbonyl (C=O) groups excluding carboxylic acids is 2. The molecule has 2 fully saturated rings. The molecule has 2 aliphatic heterocycles. The van der Waals surface area contributed by atoms with Gasteiger partial charge in [-0.15, -0.1) is 0 Å². The number of nitrogens with one attached hydrogen (secondary N) is 1. The lowest BCUT2D eigenvalue weighted by molar-refractivity contribution is -0.138. The number of anilines is 1. The third-order valence-electron chi connectivity index (χ3n) is 5.18. The Bertz CT molecular complexity index is 622. The summed E-state index contributed by atoms with van der Waals surface area (Å²) >= 11 is 0. The summed E-state index contributed by atoms with van der Waals surface area (Å²) in [6.45, 7) is 8.89. The number of piperazine rings is 1. The van der Waals surface area contributed by atoms with Crippen molar-refractivity contribution in [3.8, 4) is 0 Å². The normalized spacial score (nSPS) is 19.4. The molecule has 0 bridgehead atoms. The van der Waals surface area contributed by atoms with Crippen LogP contribution in [0.3, 0.4) is 0 Å². The van der Waals surface area contributed by atoms with E-state index in [-0.39, 0.29) is 23.8 Å². The number of piperidine rings is 1. The van der Waals surface area contributed by atoms with Gasteiger partial charge >= 0.3 is 0 Å². The van der Waals surface area contributed by atoms with E-state index in [4.69, 9.17) is 0 Å². The lowest BCUT2D eigenvalue weighted by Gasteiger charge is -2.38. The Morgan fingerprint density at radius 2 is 1.70 bits per heavy atom. The lowest BCUT2D eigenvalue weighted by Crippen LogP contribution is -2.53. The van der Waals surface area contributed by atoms with Crippen molar-refractivity contribution in [2.24, 2.45) is 5.92 Å². The zero-order valence-electron chi connectivity index (χ0n) is 16.3. The van der Waals surface area contributed by atoms with Gasteiger partial charge in [-0.25, -0.2) is 9.97 Å². The standard InChI is InChI=1S/C19H30N6O2/c1-15(2)22-17(26)14-23-10-12-24(13-11-23)18(27)16-4-8-25(9-5-16)19-20-6-3-7-21-19/h3,6-7,15-16H,4-5,8-14H2,1-2H3,(H,22,26). The molecule has 8 nitrogen and oxygen atoms in total. The highest BCUT2D eigenvalue weighted by Gasteiger charge is 2.31. The second-order valence-corrected chi connectivity index (χ2v) is 7.63. The van der Waals surface area contributed by atoms with Crippen molar-refractivity contribution in [2.75, 3.05) is 50.7 Å². The minimum Gasteiger partial charge on any atom is -0.353 e. The van der Waals surface area contributed by atoms with Gasteiger partial charge in [0.1, 0.15) is 0 Å². The predicted octanol–water partition coefficient (Wildman–Crippen LogP) is 0.362. The molecule has 1 N–H and O–H groups in total. The van der Waals surface area contributed by atoms with Gasteiger partial charge in [0.25, 0.3) is 0 Å². The van der Waals surface area contributed by atoms with Crippen LogP contribution in [0.25, 0.3) is 0 Å². The number of nitrogens with zero attached hydrogens (tertiary/aromatic N) is 5. The Hall–Kier alpha value is -2.22. The molecule has 3 rings (SSSR count). The minimum atomic E-state index is 0.0558. The molecular formula is C19H30N6O2. The smallest absolute Gasteiger partial charge is 0.234 e. The molecule has 0 spiro atoms. The second kappa shape index (κ2) is 9.12. The highest BCUT2D eigenvalue weighted by molar-refractivity contribution is 5.80. The summed E-state index contributed by atoms with van der Waals surface area (Å²) in [6.07, 6.45) is 5.18. The van der Waals surface area contributed by atoms with E-state index >= 15 is 0 Å². The maximum absolute atomic E-state index is 12.8. The van der Waals surface area contributed by atoms with E-state index < -0.39 is 0 Å². The molecule has 0 saturated carbocycles. The molecular weight excluding hydrogens is 344 g/mol. The van der Waals surface area contributed by atoms with Crippen LogP contribution in [0.4, 0.5) is 5.95 Å². The largest absolute Gasteiger partial charge is 0.353 e. The van der Waals surface area contributed by atoms with E-state index in [2.05, 4.69) is 25.1 Å². The zero-order valence-corrected chi connectivity index (χ0v) is 16.3. The van der Waals surface area contributed by atoms with Crippen LogP contribution in [-0.2, 0) is 9.59 Å². The van der Waals surface area contributed by atoms with E-state index in [1.165, 1.54) is 0 Å². The minimum absolute atomic E-state index is 0.0558. The number of carbonyl (C=O) groups is 2. The summed E-state index contributed by atoms with van der Waals surface area (Å²) in [6, 6.07) is 1.97. The van der Waals surface area contributed by atoms with E-state index in [9.17, 15) is 9.59 Å². The molecule has 3 heterocycles.